The van der Waals surface area contributed by atoms with E-state index in [0.717, 1.165) is 25.2 Å². The number of aliphatic hydroxyl groups is 1. The van der Waals surface area contributed by atoms with Crippen LogP contribution in [0, 0.1) is 0 Å². The molecule has 0 aliphatic carbocycles. The molecule has 0 saturated heterocycles. The van der Waals surface area contributed by atoms with Crippen LogP contribution in [0.25, 0.3) is 0 Å². The van der Waals surface area contributed by atoms with Crippen LogP contribution in [0.15, 0.2) is 24.3 Å². The highest BCUT2D eigenvalue weighted by Gasteiger charge is 2.23. The van der Waals surface area contributed by atoms with Crippen molar-refractivity contribution in [2.24, 2.45) is 0 Å². The lowest BCUT2D eigenvalue weighted by atomic mass is 9.88. The molecule has 2 atom stereocenters. The van der Waals surface area contributed by atoms with Crippen molar-refractivity contribution in [2.45, 2.75) is 31.8 Å². The highest BCUT2D eigenvalue weighted by atomic mass is 16.5. The molecule has 0 bridgehead atoms. The molecular formula is C14H20O3. The lowest BCUT2D eigenvalue weighted by Gasteiger charge is -2.27. The molecular weight excluding hydrogens is 216 g/mol. The average molecular weight is 236 g/mol. The molecule has 1 aromatic rings. The first kappa shape index (κ1) is 12.4. The molecule has 0 spiro atoms. The smallest absolute Gasteiger partial charge is 0.122 e. The summed E-state index contributed by atoms with van der Waals surface area (Å²) >= 11 is 0. The molecule has 0 fully saturated rings. The summed E-state index contributed by atoms with van der Waals surface area (Å²) in [7, 11) is 0. The van der Waals surface area contributed by atoms with Crippen molar-refractivity contribution in [2.75, 3.05) is 19.8 Å². The van der Waals surface area contributed by atoms with Crippen molar-refractivity contribution >= 4 is 0 Å². The minimum absolute atomic E-state index is 0.383. The van der Waals surface area contributed by atoms with E-state index in [2.05, 4.69) is 6.07 Å². The maximum absolute atomic E-state index is 9.89. The summed E-state index contributed by atoms with van der Waals surface area (Å²) in [6.07, 6.45) is 1.34. The summed E-state index contributed by atoms with van der Waals surface area (Å²) in [5.41, 5.74) is 1.22. The number of benzene rings is 1. The normalized spacial score (nSPS) is 20.5. The van der Waals surface area contributed by atoms with Crippen molar-refractivity contribution < 1.29 is 14.6 Å². The van der Waals surface area contributed by atoms with Gasteiger partial charge in [0.05, 0.1) is 19.3 Å². The first-order valence-corrected chi connectivity index (χ1v) is 6.28. The van der Waals surface area contributed by atoms with Gasteiger partial charge in [0.1, 0.15) is 5.75 Å². The van der Waals surface area contributed by atoms with Gasteiger partial charge in [0.15, 0.2) is 0 Å². The summed E-state index contributed by atoms with van der Waals surface area (Å²) in [5, 5.41) is 9.89. The third kappa shape index (κ3) is 3.20. The number of hydrogen-bond acceptors (Lipinski definition) is 3. The molecule has 0 amide bonds. The molecule has 1 heterocycles. The molecule has 2 unspecified atom stereocenters. The van der Waals surface area contributed by atoms with E-state index < -0.39 is 0 Å². The fourth-order valence-corrected chi connectivity index (χ4v) is 2.31. The summed E-state index contributed by atoms with van der Waals surface area (Å²) in [5.74, 6) is 1.35. The lowest BCUT2D eigenvalue weighted by molar-refractivity contribution is 0.0320. The Kier molecular flexibility index (Phi) is 4.40. The van der Waals surface area contributed by atoms with Gasteiger partial charge in [-0.3, -0.25) is 0 Å². The molecule has 0 saturated carbocycles. The second-order valence-corrected chi connectivity index (χ2v) is 4.42. The number of aliphatic hydroxyl groups excluding tert-OH is 1. The van der Waals surface area contributed by atoms with E-state index in [4.69, 9.17) is 9.47 Å². The SMILES string of the molecule is CCOCC(O)CC1CCOc2ccccc21. The topological polar surface area (TPSA) is 38.7 Å². The van der Waals surface area contributed by atoms with Crippen LogP contribution >= 0.6 is 0 Å². The van der Waals surface area contributed by atoms with Crippen LogP contribution in [0.2, 0.25) is 0 Å². The molecule has 3 nitrogen and oxygen atoms in total. The zero-order valence-electron chi connectivity index (χ0n) is 10.3. The van der Waals surface area contributed by atoms with Crippen LogP contribution in [0.1, 0.15) is 31.2 Å². The quantitative estimate of drug-likeness (QED) is 0.852. The fraction of sp³-hybridized carbons (Fsp3) is 0.571. The van der Waals surface area contributed by atoms with E-state index in [-0.39, 0.29) is 6.10 Å². The standard InChI is InChI=1S/C14H20O3/c1-2-16-10-12(15)9-11-7-8-17-14-6-4-3-5-13(11)14/h3-6,11-12,15H,2,7-10H2,1H3. The number of rotatable bonds is 5. The van der Waals surface area contributed by atoms with Gasteiger partial charge in [-0.25, -0.2) is 0 Å². The molecule has 0 aromatic heterocycles. The largest absolute Gasteiger partial charge is 0.493 e. The van der Waals surface area contributed by atoms with Gasteiger partial charge in [0, 0.05) is 6.61 Å². The van der Waals surface area contributed by atoms with Crippen molar-refractivity contribution in [1.29, 1.82) is 0 Å². The Balaban J connectivity index is 1.98. The molecule has 17 heavy (non-hydrogen) atoms. The van der Waals surface area contributed by atoms with Gasteiger partial charge in [0.2, 0.25) is 0 Å². The minimum atomic E-state index is -0.383. The number of ether oxygens (including phenoxy) is 2. The van der Waals surface area contributed by atoms with Gasteiger partial charge in [-0.05, 0) is 37.3 Å². The van der Waals surface area contributed by atoms with Crippen LogP contribution in [-0.2, 0) is 4.74 Å². The Bertz CT molecular complexity index is 351. The molecule has 94 valence electrons. The Hall–Kier alpha value is -1.06. The van der Waals surface area contributed by atoms with Crippen LogP contribution in [0.4, 0.5) is 0 Å². The fourth-order valence-electron chi connectivity index (χ4n) is 2.31. The second-order valence-electron chi connectivity index (χ2n) is 4.42. The van der Waals surface area contributed by atoms with Crippen LogP contribution in [0.3, 0.4) is 0 Å². The highest BCUT2D eigenvalue weighted by Crippen LogP contribution is 2.36. The summed E-state index contributed by atoms with van der Waals surface area (Å²) in [4.78, 5) is 0. The maximum Gasteiger partial charge on any atom is 0.122 e. The average Bonchev–Trinajstić information content (AvgIpc) is 2.37. The van der Waals surface area contributed by atoms with E-state index in [1.54, 1.807) is 0 Å². The van der Waals surface area contributed by atoms with Crippen molar-refractivity contribution in [3.8, 4) is 5.75 Å². The van der Waals surface area contributed by atoms with E-state index in [1.165, 1.54) is 5.56 Å². The van der Waals surface area contributed by atoms with E-state index in [1.807, 2.05) is 25.1 Å². The van der Waals surface area contributed by atoms with Gasteiger partial charge >= 0.3 is 0 Å². The third-order valence-electron chi connectivity index (χ3n) is 3.15. The van der Waals surface area contributed by atoms with Crippen molar-refractivity contribution in [1.82, 2.24) is 0 Å². The monoisotopic (exact) mass is 236 g/mol. The van der Waals surface area contributed by atoms with E-state index in [0.29, 0.717) is 19.1 Å². The van der Waals surface area contributed by atoms with Gasteiger partial charge in [0.25, 0.3) is 0 Å². The van der Waals surface area contributed by atoms with E-state index >= 15 is 0 Å². The molecule has 1 N–H and O–H groups in total. The minimum Gasteiger partial charge on any atom is -0.493 e. The first-order valence-electron chi connectivity index (χ1n) is 6.28. The Morgan fingerprint density at radius 1 is 1.47 bits per heavy atom. The summed E-state index contributed by atoms with van der Waals surface area (Å²) in [6, 6.07) is 8.09. The zero-order chi connectivity index (χ0) is 12.1. The summed E-state index contributed by atoms with van der Waals surface area (Å²) < 4.78 is 10.8. The van der Waals surface area contributed by atoms with Gasteiger partial charge < -0.3 is 14.6 Å². The van der Waals surface area contributed by atoms with Crippen LogP contribution in [0.5, 0.6) is 5.75 Å². The van der Waals surface area contributed by atoms with Crippen LogP contribution in [-0.4, -0.2) is 31.0 Å². The number of para-hydroxylation sites is 1. The number of fused-ring (bicyclic) bond motifs is 1. The van der Waals surface area contributed by atoms with Crippen LogP contribution < -0.4 is 4.74 Å². The highest BCUT2D eigenvalue weighted by molar-refractivity contribution is 5.37. The molecule has 1 aliphatic heterocycles. The molecule has 1 aromatic carbocycles. The van der Waals surface area contributed by atoms with E-state index in [9.17, 15) is 5.11 Å². The lowest BCUT2D eigenvalue weighted by Crippen LogP contribution is -2.22. The predicted octanol–water partition coefficient (Wildman–Crippen LogP) is 2.34. The van der Waals surface area contributed by atoms with Gasteiger partial charge in [-0.2, -0.15) is 0 Å². The second kappa shape index (κ2) is 6.03. The van der Waals surface area contributed by atoms with Gasteiger partial charge in [-0.1, -0.05) is 18.2 Å². The maximum atomic E-state index is 9.89. The Morgan fingerprint density at radius 3 is 3.12 bits per heavy atom. The first-order chi connectivity index (χ1) is 8.31. The van der Waals surface area contributed by atoms with Crippen molar-refractivity contribution in [3.63, 3.8) is 0 Å². The van der Waals surface area contributed by atoms with Crippen molar-refractivity contribution in [3.05, 3.63) is 29.8 Å². The molecule has 1 aliphatic rings. The molecule has 3 heteroatoms. The summed E-state index contributed by atoms with van der Waals surface area (Å²) in [6.45, 7) is 3.76. The third-order valence-corrected chi connectivity index (χ3v) is 3.15. The molecule has 0 radical (unpaired) electrons. The Morgan fingerprint density at radius 2 is 2.29 bits per heavy atom. The zero-order valence-corrected chi connectivity index (χ0v) is 10.3. The Labute approximate surface area is 102 Å². The van der Waals surface area contributed by atoms with Gasteiger partial charge in [-0.15, -0.1) is 0 Å². The molecule has 2 rings (SSSR count). The predicted molar refractivity (Wildman–Crippen MR) is 66.4 cm³/mol. The number of hydrogen-bond donors (Lipinski definition) is 1.